The van der Waals surface area contributed by atoms with Gasteiger partial charge in [0.05, 0.1) is 26.5 Å². The molecule has 1 atom stereocenters. The average molecular weight is 310 g/mol. The maximum atomic E-state index is 12.1. The van der Waals surface area contributed by atoms with E-state index in [4.69, 9.17) is 14.2 Å². The Balaban J connectivity index is 2.50. The Morgan fingerprint density at radius 1 is 1.27 bits per heavy atom. The van der Waals surface area contributed by atoms with Crippen molar-refractivity contribution in [1.29, 1.82) is 0 Å². The Morgan fingerprint density at radius 2 is 2.05 bits per heavy atom. The highest BCUT2D eigenvalue weighted by Gasteiger charge is 2.12. The minimum Gasteiger partial charge on any atom is -0.497 e. The maximum Gasteiger partial charge on any atom is 0.226 e. The minimum absolute atomic E-state index is 0.0667. The molecule has 6 nitrogen and oxygen atoms in total. The summed E-state index contributed by atoms with van der Waals surface area (Å²) in [5, 5.41) is 6.10. The molecule has 6 heteroatoms. The quantitative estimate of drug-likeness (QED) is 0.647. The number of benzene rings is 1. The number of hydrogen-bond acceptors (Lipinski definition) is 5. The standard InChI is InChI=1S/C16H26N2O4/c1-5-22-9-8-17-12(2)10-16(19)18-14-11-13(20-3)6-7-15(14)21-4/h6-7,11-12,17H,5,8-10H2,1-4H3,(H,18,19). The highest BCUT2D eigenvalue weighted by molar-refractivity contribution is 5.92. The number of rotatable bonds is 10. The van der Waals surface area contributed by atoms with Gasteiger partial charge in [-0.15, -0.1) is 0 Å². The van der Waals surface area contributed by atoms with E-state index in [1.54, 1.807) is 32.4 Å². The summed E-state index contributed by atoms with van der Waals surface area (Å²) in [6.45, 7) is 6.00. The Bertz CT molecular complexity index is 465. The van der Waals surface area contributed by atoms with Gasteiger partial charge in [0.25, 0.3) is 0 Å². The van der Waals surface area contributed by atoms with Crippen LogP contribution < -0.4 is 20.1 Å². The van der Waals surface area contributed by atoms with E-state index in [1.165, 1.54) is 0 Å². The van der Waals surface area contributed by atoms with Crippen LogP contribution in [0.25, 0.3) is 0 Å². The van der Waals surface area contributed by atoms with Gasteiger partial charge in [0.15, 0.2) is 0 Å². The van der Waals surface area contributed by atoms with E-state index in [1.807, 2.05) is 13.8 Å². The average Bonchev–Trinajstić information content (AvgIpc) is 2.51. The third-order valence-electron chi connectivity index (χ3n) is 3.12. The number of carbonyl (C=O) groups excluding carboxylic acids is 1. The number of hydrogen-bond donors (Lipinski definition) is 2. The molecule has 0 saturated carbocycles. The van der Waals surface area contributed by atoms with Gasteiger partial charge in [-0.1, -0.05) is 0 Å². The predicted octanol–water partition coefficient (Wildman–Crippen LogP) is 2.05. The van der Waals surface area contributed by atoms with E-state index in [9.17, 15) is 4.79 Å². The zero-order valence-corrected chi connectivity index (χ0v) is 13.8. The molecule has 0 heterocycles. The van der Waals surface area contributed by atoms with Gasteiger partial charge in [-0.25, -0.2) is 0 Å². The monoisotopic (exact) mass is 310 g/mol. The lowest BCUT2D eigenvalue weighted by molar-refractivity contribution is -0.116. The number of carbonyl (C=O) groups is 1. The lowest BCUT2D eigenvalue weighted by Crippen LogP contribution is -2.33. The molecule has 0 bridgehead atoms. The first kappa shape index (κ1) is 18.3. The molecule has 1 aromatic rings. The number of anilines is 1. The SMILES string of the molecule is CCOCCNC(C)CC(=O)Nc1cc(OC)ccc1OC. The molecule has 0 saturated heterocycles. The highest BCUT2D eigenvalue weighted by atomic mass is 16.5. The van der Waals surface area contributed by atoms with E-state index in [0.717, 1.165) is 6.54 Å². The Morgan fingerprint density at radius 3 is 2.68 bits per heavy atom. The topological polar surface area (TPSA) is 68.8 Å². The summed E-state index contributed by atoms with van der Waals surface area (Å²) in [5.74, 6) is 1.19. The van der Waals surface area contributed by atoms with Crippen LogP contribution >= 0.6 is 0 Å². The summed E-state index contributed by atoms with van der Waals surface area (Å²) < 4.78 is 15.6. The van der Waals surface area contributed by atoms with Crippen molar-refractivity contribution < 1.29 is 19.0 Å². The van der Waals surface area contributed by atoms with Gasteiger partial charge in [0, 0.05) is 31.7 Å². The fraction of sp³-hybridized carbons (Fsp3) is 0.562. The van der Waals surface area contributed by atoms with Crippen molar-refractivity contribution in [2.24, 2.45) is 0 Å². The first-order valence-electron chi connectivity index (χ1n) is 7.43. The highest BCUT2D eigenvalue weighted by Crippen LogP contribution is 2.28. The van der Waals surface area contributed by atoms with Gasteiger partial charge in [0.2, 0.25) is 5.91 Å². The molecule has 0 fully saturated rings. The van der Waals surface area contributed by atoms with Gasteiger partial charge < -0.3 is 24.8 Å². The van der Waals surface area contributed by atoms with E-state index >= 15 is 0 Å². The van der Waals surface area contributed by atoms with Crippen LogP contribution in [0.15, 0.2) is 18.2 Å². The summed E-state index contributed by atoms with van der Waals surface area (Å²) in [5.41, 5.74) is 0.605. The number of ether oxygens (including phenoxy) is 3. The number of nitrogens with one attached hydrogen (secondary N) is 2. The molecule has 124 valence electrons. The first-order chi connectivity index (χ1) is 10.6. The lowest BCUT2D eigenvalue weighted by Gasteiger charge is -2.15. The molecule has 1 rings (SSSR count). The third kappa shape index (κ3) is 6.32. The molecule has 2 N–H and O–H groups in total. The van der Waals surface area contributed by atoms with Crippen molar-refractivity contribution in [2.75, 3.05) is 39.3 Å². The van der Waals surface area contributed by atoms with Crippen molar-refractivity contribution in [2.45, 2.75) is 26.3 Å². The van der Waals surface area contributed by atoms with Crippen molar-refractivity contribution in [3.8, 4) is 11.5 Å². The van der Waals surface area contributed by atoms with Crippen molar-refractivity contribution >= 4 is 11.6 Å². The summed E-state index contributed by atoms with van der Waals surface area (Å²) >= 11 is 0. The van der Waals surface area contributed by atoms with Crippen LogP contribution in [0.3, 0.4) is 0 Å². The fourth-order valence-corrected chi connectivity index (χ4v) is 1.99. The van der Waals surface area contributed by atoms with Crippen LogP contribution in [0.1, 0.15) is 20.3 Å². The summed E-state index contributed by atoms with van der Waals surface area (Å²) in [4.78, 5) is 12.1. The molecule has 1 amide bonds. The Hall–Kier alpha value is -1.79. The second kappa shape index (κ2) is 10.0. The second-order valence-electron chi connectivity index (χ2n) is 4.87. The van der Waals surface area contributed by atoms with Gasteiger partial charge in [-0.3, -0.25) is 4.79 Å². The Kier molecular flexibility index (Phi) is 8.32. The van der Waals surface area contributed by atoms with Crippen molar-refractivity contribution in [1.82, 2.24) is 5.32 Å². The van der Waals surface area contributed by atoms with Crippen LogP contribution in [0.2, 0.25) is 0 Å². The van der Waals surface area contributed by atoms with Crippen LogP contribution in [-0.4, -0.2) is 45.9 Å². The molecular weight excluding hydrogens is 284 g/mol. The molecule has 0 spiro atoms. The van der Waals surface area contributed by atoms with E-state index in [-0.39, 0.29) is 11.9 Å². The second-order valence-corrected chi connectivity index (χ2v) is 4.87. The van der Waals surface area contributed by atoms with Crippen LogP contribution in [-0.2, 0) is 9.53 Å². The van der Waals surface area contributed by atoms with Crippen LogP contribution in [0.5, 0.6) is 11.5 Å². The van der Waals surface area contributed by atoms with E-state index in [2.05, 4.69) is 10.6 Å². The predicted molar refractivity (Wildman–Crippen MR) is 86.8 cm³/mol. The smallest absolute Gasteiger partial charge is 0.226 e. The fourth-order valence-electron chi connectivity index (χ4n) is 1.99. The summed E-state index contributed by atoms with van der Waals surface area (Å²) in [6.07, 6.45) is 0.368. The van der Waals surface area contributed by atoms with E-state index in [0.29, 0.717) is 36.8 Å². The van der Waals surface area contributed by atoms with Gasteiger partial charge >= 0.3 is 0 Å². The normalized spacial score (nSPS) is 11.8. The third-order valence-corrected chi connectivity index (χ3v) is 3.12. The maximum absolute atomic E-state index is 12.1. The minimum atomic E-state index is -0.0806. The number of amides is 1. The molecule has 0 radical (unpaired) electrons. The van der Waals surface area contributed by atoms with E-state index < -0.39 is 0 Å². The van der Waals surface area contributed by atoms with Crippen LogP contribution in [0, 0.1) is 0 Å². The molecular formula is C16H26N2O4. The molecule has 0 aliphatic heterocycles. The number of methoxy groups -OCH3 is 2. The van der Waals surface area contributed by atoms with Gasteiger partial charge in [0.1, 0.15) is 11.5 Å². The zero-order valence-electron chi connectivity index (χ0n) is 13.8. The molecule has 1 unspecified atom stereocenters. The lowest BCUT2D eigenvalue weighted by atomic mass is 10.2. The molecule has 22 heavy (non-hydrogen) atoms. The van der Waals surface area contributed by atoms with Crippen molar-refractivity contribution in [3.05, 3.63) is 18.2 Å². The van der Waals surface area contributed by atoms with Crippen molar-refractivity contribution in [3.63, 3.8) is 0 Å². The molecule has 1 aromatic carbocycles. The largest absolute Gasteiger partial charge is 0.497 e. The van der Waals surface area contributed by atoms with Gasteiger partial charge in [-0.2, -0.15) is 0 Å². The van der Waals surface area contributed by atoms with Gasteiger partial charge in [-0.05, 0) is 26.0 Å². The summed E-state index contributed by atoms with van der Waals surface area (Å²) in [6, 6.07) is 5.35. The molecule has 0 aromatic heterocycles. The van der Waals surface area contributed by atoms with Crippen LogP contribution in [0.4, 0.5) is 5.69 Å². The zero-order chi connectivity index (χ0) is 16.4. The first-order valence-corrected chi connectivity index (χ1v) is 7.43. The molecule has 0 aliphatic carbocycles. The summed E-state index contributed by atoms with van der Waals surface area (Å²) in [7, 11) is 3.15. The Labute approximate surface area is 132 Å². The molecule has 0 aliphatic rings.